The van der Waals surface area contributed by atoms with E-state index < -0.39 is 0 Å². The molecule has 0 aliphatic rings. The Hall–Kier alpha value is -1.62. The van der Waals surface area contributed by atoms with Gasteiger partial charge in [0.25, 0.3) is 0 Å². The fraction of sp³-hybridized carbons (Fsp3) is 0.400. The van der Waals surface area contributed by atoms with Gasteiger partial charge in [0.05, 0.1) is 6.54 Å². The molecule has 15 heavy (non-hydrogen) atoms. The van der Waals surface area contributed by atoms with Crippen LogP contribution in [0.1, 0.15) is 19.4 Å². The number of hydrazine groups is 1. The van der Waals surface area contributed by atoms with E-state index in [1.165, 1.54) is 0 Å². The van der Waals surface area contributed by atoms with Gasteiger partial charge in [0.1, 0.15) is 0 Å². The summed E-state index contributed by atoms with van der Waals surface area (Å²) in [6, 6.07) is 4.16. The largest absolute Gasteiger partial charge is 0.353 e. The van der Waals surface area contributed by atoms with Crippen LogP contribution in [0.2, 0.25) is 0 Å². The van der Waals surface area contributed by atoms with Crippen LogP contribution >= 0.6 is 0 Å². The van der Waals surface area contributed by atoms with Crippen LogP contribution in [0.4, 0.5) is 0 Å². The van der Waals surface area contributed by atoms with Crippen molar-refractivity contribution < 1.29 is 0 Å². The monoisotopic (exact) mass is 207 g/mol. The lowest BCUT2D eigenvalue weighted by molar-refractivity contribution is 0.702. The molecule has 0 saturated heterocycles. The first-order valence-corrected chi connectivity index (χ1v) is 4.89. The Morgan fingerprint density at radius 1 is 1.60 bits per heavy atom. The zero-order valence-corrected chi connectivity index (χ0v) is 9.07. The molecule has 1 aromatic heterocycles. The van der Waals surface area contributed by atoms with Crippen molar-refractivity contribution in [2.24, 2.45) is 10.8 Å². The topological polar surface area (TPSA) is 75.3 Å². The van der Waals surface area contributed by atoms with Gasteiger partial charge in [-0.3, -0.25) is 10.4 Å². The average molecular weight is 207 g/mol. The third kappa shape index (κ3) is 4.42. The van der Waals surface area contributed by atoms with E-state index in [4.69, 9.17) is 5.84 Å². The zero-order valence-electron chi connectivity index (χ0n) is 9.07. The van der Waals surface area contributed by atoms with Crippen molar-refractivity contribution in [3.63, 3.8) is 0 Å². The molecule has 1 heterocycles. The molecule has 1 rings (SSSR count). The summed E-state index contributed by atoms with van der Waals surface area (Å²) in [5.74, 6) is 5.92. The maximum Gasteiger partial charge on any atom is 0.206 e. The molecule has 0 saturated carbocycles. The van der Waals surface area contributed by atoms with Crippen LogP contribution in [0, 0.1) is 0 Å². The molecule has 82 valence electrons. The van der Waals surface area contributed by atoms with E-state index in [2.05, 4.69) is 20.7 Å². The number of aliphatic imine (C=N–C) groups is 1. The molecule has 0 atom stereocenters. The minimum atomic E-state index is 0.300. The molecule has 0 radical (unpaired) electrons. The summed E-state index contributed by atoms with van der Waals surface area (Å²) in [5, 5.41) is 3.09. The summed E-state index contributed by atoms with van der Waals surface area (Å²) in [5.41, 5.74) is 3.57. The second kappa shape index (κ2) is 5.98. The first-order chi connectivity index (χ1) is 7.22. The van der Waals surface area contributed by atoms with Gasteiger partial charge in [-0.05, 0) is 25.5 Å². The van der Waals surface area contributed by atoms with E-state index in [1.54, 1.807) is 12.4 Å². The summed E-state index contributed by atoms with van der Waals surface area (Å²) in [6.45, 7) is 4.61. The number of aromatic nitrogens is 1. The predicted molar refractivity (Wildman–Crippen MR) is 61.0 cm³/mol. The van der Waals surface area contributed by atoms with Gasteiger partial charge in [0, 0.05) is 18.4 Å². The van der Waals surface area contributed by atoms with Crippen molar-refractivity contribution >= 4 is 5.96 Å². The number of guanidine groups is 1. The zero-order chi connectivity index (χ0) is 11.1. The first-order valence-electron chi connectivity index (χ1n) is 4.89. The number of pyridine rings is 1. The third-order valence-corrected chi connectivity index (χ3v) is 1.70. The summed E-state index contributed by atoms with van der Waals surface area (Å²) >= 11 is 0. The molecule has 0 amide bonds. The Bertz CT molecular complexity index is 307. The number of nitrogens with two attached hydrogens (primary N) is 1. The van der Waals surface area contributed by atoms with E-state index in [0.717, 1.165) is 5.56 Å². The lowest BCUT2D eigenvalue weighted by atomic mass is 10.3. The lowest BCUT2D eigenvalue weighted by Gasteiger charge is -2.11. The molecule has 0 aromatic carbocycles. The number of nitrogens with one attached hydrogen (secondary N) is 2. The van der Waals surface area contributed by atoms with E-state index in [0.29, 0.717) is 18.5 Å². The van der Waals surface area contributed by atoms with Crippen LogP contribution in [0.15, 0.2) is 29.5 Å². The molecule has 0 unspecified atom stereocenters. The smallest absolute Gasteiger partial charge is 0.206 e. The normalized spacial score (nSPS) is 11.6. The van der Waals surface area contributed by atoms with Crippen LogP contribution in [-0.4, -0.2) is 17.0 Å². The Morgan fingerprint density at radius 3 is 2.93 bits per heavy atom. The highest BCUT2D eigenvalue weighted by molar-refractivity contribution is 5.79. The summed E-state index contributed by atoms with van der Waals surface area (Å²) < 4.78 is 0. The van der Waals surface area contributed by atoms with Crippen LogP contribution in [0.3, 0.4) is 0 Å². The van der Waals surface area contributed by atoms with Crippen LogP contribution in [0.5, 0.6) is 0 Å². The first kappa shape index (κ1) is 11.5. The fourth-order valence-electron chi connectivity index (χ4n) is 1.07. The van der Waals surface area contributed by atoms with E-state index in [1.807, 2.05) is 26.0 Å². The minimum Gasteiger partial charge on any atom is -0.353 e. The van der Waals surface area contributed by atoms with E-state index in [-0.39, 0.29) is 0 Å². The van der Waals surface area contributed by atoms with Gasteiger partial charge in [-0.25, -0.2) is 10.8 Å². The average Bonchev–Trinajstić information content (AvgIpc) is 2.25. The molecular weight excluding hydrogens is 190 g/mol. The second-order valence-corrected chi connectivity index (χ2v) is 3.47. The molecule has 0 fully saturated rings. The van der Waals surface area contributed by atoms with Gasteiger partial charge in [-0.15, -0.1) is 0 Å². The number of hydrogen-bond acceptors (Lipinski definition) is 3. The number of nitrogens with zero attached hydrogens (tertiary/aromatic N) is 2. The van der Waals surface area contributed by atoms with Crippen LogP contribution in [-0.2, 0) is 6.54 Å². The van der Waals surface area contributed by atoms with Gasteiger partial charge < -0.3 is 5.32 Å². The maximum absolute atomic E-state index is 5.33. The van der Waals surface area contributed by atoms with Gasteiger partial charge in [-0.1, -0.05) is 6.07 Å². The summed E-state index contributed by atoms with van der Waals surface area (Å²) in [7, 11) is 0. The molecule has 0 bridgehead atoms. The van der Waals surface area contributed by atoms with Crippen LogP contribution in [0.25, 0.3) is 0 Å². The molecule has 5 nitrogen and oxygen atoms in total. The highest BCUT2D eigenvalue weighted by Gasteiger charge is 1.98. The van der Waals surface area contributed by atoms with Gasteiger partial charge in [0.2, 0.25) is 5.96 Å². The van der Waals surface area contributed by atoms with Crippen molar-refractivity contribution in [1.82, 2.24) is 15.7 Å². The molecule has 1 aromatic rings. The van der Waals surface area contributed by atoms with Crippen molar-refractivity contribution in [2.75, 3.05) is 0 Å². The van der Waals surface area contributed by atoms with Crippen molar-refractivity contribution in [3.05, 3.63) is 30.1 Å². The highest BCUT2D eigenvalue weighted by Crippen LogP contribution is 1.97. The van der Waals surface area contributed by atoms with Gasteiger partial charge in [-0.2, -0.15) is 0 Å². The molecule has 5 heteroatoms. The van der Waals surface area contributed by atoms with E-state index in [9.17, 15) is 0 Å². The Labute approximate surface area is 89.8 Å². The van der Waals surface area contributed by atoms with Crippen LogP contribution < -0.4 is 16.6 Å². The minimum absolute atomic E-state index is 0.300. The van der Waals surface area contributed by atoms with Crippen molar-refractivity contribution in [2.45, 2.75) is 26.4 Å². The van der Waals surface area contributed by atoms with Crippen molar-refractivity contribution in [1.29, 1.82) is 0 Å². The quantitative estimate of drug-likeness (QED) is 0.290. The number of rotatable bonds is 3. The lowest BCUT2D eigenvalue weighted by Crippen LogP contribution is -2.44. The Morgan fingerprint density at radius 2 is 2.40 bits per heavy atom. The maximum atomic E-state index is 5.33. The van der Waals surface area contributed by atoms with E-state index >= 15 is 0 Å². The fourth-order valence-corrected chi connectivity index (χ4v) is 1.07. The standard InChI is InChI=1S/C10H17N5/c1-8(2)14-10(15-11)13-7-9-4-3-5-12-6-9/h3-6,8H,7,11H2,1-2H3,(H2,13,14,15). The molecule has 0 aliphatic heterocycles. The predicted octanol–water partition coefficient (Wildman–Crippen LogP) is 0.399. The van der Waals surface area contributed by atoms with Gasteiger partial charge >= 0.3 is 0 Å². The molecule has 4 N–H and O–H groups in total. The Kier molecular flexibility index (Phi) is 4.56. The molecule has 0 aliphatic carbocycles. The summed E-state index contributed by atoms with van der Waals surface area (Å²) in [4.78, 5) is 8.29. The molecule has 0 spiro atoms. The van der Waals surface area contributed by atoms with Gasteiger partial charge in [0.15, 0.2) is 0 Å². The third-order valence-electron chi connectivity index (χ3n) is 1.70. The molecular formula is C10H17N5. The van der Waals surface area contributed by atoms with Crippen molar-refractivity contribution in [3.8, 4) is 0 Å². The highest BCUT2D eigenvalue weighted by atomic mass is 15.3. The second-order valence-electron chi connectivity index (χ2n) is 3.47. The Balaban J connectivity index is 2.54. The SMILES string of the molecule is CC(C)NC(=NCc1cccnc1)NN. The summed E-state index contributed by atoms with van der Waals surface area (Å²) in [6.07, 6.45) is 3.52. The number of hydrogen-bond donors (Lipinski definition) is 3.